The summed E-state index contributed by atoms with van der Waals surface area (Å²) in [6, 6.07) is 7.33. The fraction of sp³-hybridized carbons (Fsp3) is 0.100. The Bertz CT molecular complexity index is 573. The van der Waals surface area contributed by atoms with Crippen molar-refractivity contribution in [2.75, 3.05) is 0 Å². The maximum Gasteiger partial charge on any atom is 0.232 e. The third kappa shape index (κ3) is 1.77. The van der Waals surface area contributed by atoms with Gasteiger partial charge in [0.15, 0.2) is 0 Å². The highest BCUT2D eigenvalue weighted by Gasteiger charge is 2.28. The zero-order valence-corrected chi connectivity index (χ0v) is 10.3. The van der Waals surface area contributed by atoms with Crippen molar-refractivity contribution in [2.24, 2.45) is 4.99 Å². The van der Waals surface area contributed by atoms with Gasteiger partial charge in [-0.1, -0.05) is 29.8 Å². The average molecular weight is 286 g/mol. The lowest BCUT2D eigenvalue weighted by atomic mass is 10.1. The van der Waals surface area contributed by atoms with Gasteiger partial charge in [-0.05, 0) is 28.4 Å². The molecule has 78 valence electrons. The predicted molar refractivity (Wildman–Crippen MR) is 64.4 cm³/mol. The van der Waals surface area contributed by atoms with Gasteiger partial charge in [0, 0.05) is 6.20 Å². The molecule has 3 nitrogen and oxygen atoms in total. The van der Waals surface area contributed by atoms with Crippen LogP contribution < -0.4 is 0 Å². The van der Waals surface area contributed by atoms with E-state index in [1.165, 1.54) is 6.20 Å². The summed E-state index contributed by atoms with van der Waals surface area (Å²) >= 11 is 2.93. The van der Waals surface area contributed by atoms with E-state index in [-0.39, 0.29) is 8.86 Å². The van der Waals surface area contributed by atoms with Crippen molar-refractivity contribution >= 4 is 34.6 Å². The third-order valence-electron chi connectivity index (χ3n) is 2.10. The highest BCUT2D eigenvalue weighted by atomic mass is 79.9. The van der Waals surface area contributed by atoms with E-state index in [4.69, 9.17) is 0 Å². The Morgan fingerprint density at radius 1 is 1.33 bits per heavy atom. The van der Waals surface area contributed by atoms with Gasteiger partial charge in [-0.2, -0.15) is 0 Å². The number of rotatable bonds is 1. The summed E-state index contributed by atoms with van der Waals surface area (Å²) in [5.41, 5.74) is 1.69. The summed E-state index contributed by atoms with van der Waals surface area (Å²) in [7, 11) is -3.41. The number of hydrogen-bond acceptors (Lipinski definition) is 3. The van der Waals surface area contributed by atoms with Crippen LogP contribution in [0.4, 0.5) is 0 Å². The zero-order valence-electron chi connectivity index (χ0n) is 7.94. The molecule has 0 saturated carbocycles. The first-order valence-electron chi connectivity index (χ1n) is 4.27. The molecule has 0 bridgehead atoms. The Morgan fingerprint density at radius 3 is 2.60 bits per heavy atom. The largest absolute Gasteiger partial charge is 0.236 e. The molecule has 0 atom stereocenters. The molecule has 1 aliphatic rings. The lowest BCUT2D eigenvalue weighted by molar-refractivity contribution is 0.617. The number of benzene rings is 1. The van der Waals surface area contributed by atoms with E-state index in [1.807, 2.05) is 25.1 Å². The molecule has 0 unspecified atom stereocenters. The van der Waals surface area contributed by atoms with Crippen molar-refractivity contribution in [3.05, 3.63) is 41.6 Å². The van der Waals surface area contributed by atoms with E-state index >= 15 is 0 Å². The van der Waals surface area contributed by atoms with Crippen LogP contribution in [-0.2, 0) is 9.84 Å². The Labute approximate surface area is 96.6 Å². The molecule has 0 saturated heterocycles. The van der Waals surface area contributed by atoms with Crippen molar-refractivity contribution in [1.82, 2.24) is 0 Å². The fourth-order valence-corrected chi connectivity index (χ4v) is 2.99. The maximum absolute atomic E-state index is 11.8. The molecule has 0 amide bonds. The highest BCUT2D eigenvalue weighted by molar-refractivity contribution is 9.22. The lowest BCUT2D eigenvalue weighted by Crippen LogP contribution is -2.05. The van der Waals surface area contributed by atoms with Gasteiger partial charge in [0.25, 0.3) is 0 Å². The molecular weight excluding hydrogens is 278 g/mol. The van der Waals surface area contributed by atoms with Gasteiger partial charge in [-0.15, -0.1) is 0 Å². The van der Waals surface area contributed by atoms with Gasteiger partial charge >= 0.3 is 0 Å². The van der Waals surface area contributed by atoms with E-state index in [2.05, 4.69) is 20.9 Å². The smallest absolute Gasteiger partial charge is 0.232 e. The lowest BCUT2D eigenvalue weighted by Gasteiger charge is -2.03. The van der Waals surface area contributed by atoms with E-state index in [0.29, 0.717) is 5.56 Å². The molecule has 2 rings (SSSR count). The van der Waals surface area contributed by atoms with Crippen LogP contribution in [-0.4, -0.2) is 12.4 Å². The average Bonchev–Trinajstić information content (AvgIpc) is 2.42. The van der Waals surface area contributed by atoms with Gasteiger partial charge in [-0.25, -0.2) is 13.4 Å². The van der Waals surface area contributed by atoms with Crippen molar-refractivity contribution in [3.8, 4) is 0 Å². The van der Waals surface area contributed by atoms with E-state index in [9.17, 15) is 8.42 Å². The normalized spacial score (nSPS) is 18.5. The first-order chi connectivity index (χ1) is 7.01. The number of aliphatic imine (C=N–C) groups is 1. The SMILES string of the molecule is Cc1cccc(C2=CN=C(Br)S2(=O)=O)c1. The maximum atomic E-state index is 11.8. The fourth-order valence-electron chi connectivity index (χ4n) is 1.37. The topological polar surface area (TPSA) is 46.5 Å². The minimum absolute atomic E-state index is 0.0218. The summed E-state index contributed by atoms with van der Waals surface area (Å²) in [6.07, 6.45) is 1.37. The van der Waals surface area contributed by atoms with Gasteiger partial charge in [0.2, 0.25) is 13.8 Å². The van der Waals surface area contributed by atoms with Crippen LogP contribution in [0.15, 0.2) is 35.5 Å². The second-order valence-electron chi connectivity index (χ2n) is 3.25. The second kappa shape index (κ2) is 3.57. The molecule has 0 fully saturated rings. The molecule has 0 aromatic heterocycles. The van der Waals surface area contributed by atoms with Crippen molar-refractivity contribution in [2.45, 2.75) is 6.92 Å². The zero-order chi connectivity index (χ0) is 11.1. The van der Waals surface area contributed by atoms with Crippen LogP contribution in [0.3, 0.4) is 0 Å². The summed E-state index contributed by atoms with van der Waals surface area (Å²) in [5, 5.41) is 0. The highest BCUT2D eigenvalue weighted by Crippen LogP contribution is 2.29. The summed E-state index contributed by atoms with van der Waals surface area (Å²) in [5.74, 6) is 0. The van der Waals surface area contributed by atoms with Crippen LogP contribution in [0.1, 0.15) is 11.1 Å². The molecule has 0 spiro atoms. The molecule has 15 heavy (non-hydrogen) atoms. The molecule has 0 N–H and O–H groups in total. The van der Waals surface area contributed by atoms with Crippen LogP contribution in [0.2, 0.25) is 0 Å². The van der Waals surface area contributed by atoms with E-state index in [1.54, 1.807) is 6.07 Å². The van der Waals surface area contributed by atoms with Crippen LogP contribution in [0.5, 0.6) is 0 Å². The van der Waals surface area contributed by atoms with Gasteiger partial charge < -0.3 is 0 Å². The standard InChI is InChI=1S/C10H8BrNO2S/c1-7-3-2-4-8(5-7)9-6-12-10(11)15(9,13)14/h2-6H,1H3. The van der Waals surface area contributed by atoms with Crippen molar-refractivity contribution in [3.63, 3.8) is 0 Å². The Balaban J connectivity index is 2.54. The summed E-state index contributed by atoms with van der Waals surface area (Å²) in [6.45, 7) is 1.92. The van der Waals surface area contributed by atoms with Crippen molar-refractivity contribution in [1.29, 1.82) is 0 Å². The van der Waals surface area contributed by atoms with Gasteiger partial charge in [-0.3, -0.25) is 0 Å². The number of sulfone groups is 1. The Hall–Kier alpha value is -0.940. The van der Waals surface area contributed by atoms with Crippen LogP contribution >= 0.6 is 15.9 Å². The molecule has 1 aliphatic heterocycles. The molecule has 1 aromatic rings. The summed E-state index contributed by atoms with van der Waals surface area (Å²) in [4.78, 5) is 4.01. The number of aryl methyl sites for hydroxylation is 1. The molecule has 0 aliphatic carbocycles. The molecule has 5 heteroatoms. The first-order valence-corrected chi connectivity index (χ1v) is 6.55. The Morgan fingerprint density at radius 2 is 2.07 bits per heavy atom. The van der Waals surface area contributed by atoms with Crippen molar-refractivity contribution < 1.29 is 8.42 Å². The molecule has 1 heterocycles. The Kier molecular flexibility index (Phi) is 2.52. The first kappa shape index (κ1) is 10.6. The quantitative estimate of drug-likeness (QED) is 0.796. The van der Waals surface area contributed by atoms with Crippen LogP contribution in [0.25, 0.3) is 4.91 Å². The number of nitrogens with zero attached hydrogens (tertiary/aromatic N) is 1. The third-order valence-corrected chi connectivity index (χ3v) is 5.05. The van der Waals surface area contributed by atoms with Crippen LogP contribution in [0, 0.1) is 6.92 Å². The minimum Gasteiger partial charge on any atom is -0.236 e. The molecule has 0 radical (unpaired) electrons. The number of halogens is 1. The van der Waals surface area contributed by atoms with Gasteiger partial charge in [0.05, 0.1) is 4.91 Å². The van der Waals surface area contributed by atoms with E-state index in [0.717, 1.165) is 5.56 Å². The minimum atomic E-state index is -3.41. The molecular formula is C10H8BrNO2S. The molecule has 1 aromatic carbocycles. The van der Waals surface area contributed by atoms with Gasteiger partial charge in [0.1, 0.15) is 0 Å². The monoisotopic (exact) mass is 285 g/mol. The van der Waals surface area contributed by atoms with E-state index < -0.39 is 9.84 Å². The summed E-state index contributed by atoms with van der Waals surface area (Å²) < 4.78 is 23.5. The number of hydrogen-bond donors (Lipinski definition) is 0. The predicted octanol–water partition coefficient (Wildman–Crippen LogP) is 2.47. The second-order valence-corrected chi connectivity index (χ2v) is 6.36.